The first-order valence-electron chi connectivity index (χ1n) is 4.82. The first-order valence-corrected chi connectivity index (χ1v) is 6.40. The first-order chi connectivity index (χ1) is 8.08. The van der Waals surface area contributed by atoms with Crippen molar-refractivity contribution in [1.29, 1.82) is 0 Å². The van der Waals surface area contributed by atoms with E-state index in [9.17, 15) is 4.39 Å². The topological polar surface area (TPSA) is 22.1 Å². The van der Waals surface area contributed by atoms with E-state index in [1.807, 2.05) is 13.0 Å². The molecule has 0 bridgehead atoms. The minimum atomic E-state index is -0.319. The first kappa shape index (κ1) is 12.5. The van der Waals surface area contributed by atoms with Crippen molar-refractivity contribution in [3.05, 3.63) is 50.8 Å². The summed E-state index contributed by atoms with van der Waals surface area (Å²) in [7, 11) is 0. The van der Waals surface area contributed by atoms with Crippen LogP contribution in [0.1, 0.15) is 5.56 Å². The maximum atomic E-state index is 12.9. The van der Waals surface area contributed by atoms with Crippen molar-refractivity contribution in [2.75, 3.05) is 0 Å². The molecule has 0 N–H and O–H groups in total. The van der Waals surface area contributed by atoms with E-state index in [0.29, 0.717) is 16.1 Å². The number of hydrogen-bond donors (Lipinski definition) is 0. The van der Waals surface area contributed by atoms with Crippen LogP contribution >= 0.6 is 31.9 Å². The van der Waals surface area contributed by atoms with Crippen molar-refractivity contribution >= 4 is 31.9 Å². The molecule has 1 aromatic carbocycles. The fraction of sp³-hybridized carbons (Fsp3) is 0.0833. The summed E-state index contributed by atoms with van der Waals surface area (Å²) < 4.78 is 19.9. The van der Waals surface area contributed by atoms with Gasteiger partial charge in [0, 0.05) is 6.20 Å². The predicted octanol–water partition coefficient (Wildman–Crippen LogP) is 4.85. The summed E-state index contributed by atoms with van der Waals surface area (Å²) in [5, 5.41) is 0. The molecule has 88 valence electrons. The van der Waals surface area contributed by atoms with E-state index in [0.717, 1.165) is 10.0 Å². The SMILES string of the molecule is Cc1ccnc(Oc2ccc(F)cc2Br)c1Br. The van der Waals surface area contributed by atoms with E-state index in [-0.39, 0.29) is 5.82 Å². The molecule has 17 heavy (non-hydrogen) atoms. The fourth-order valence-corrected chi connectivity index (χ4v) is 2.00. The number of halogens is 3. The van der Waals surface area contributed by atoms with Crippen molar-refractivity contribution in [3.63, 3.8) is 0 Å². The largest absolute Gasteiger partial charge is 0.437 e. The molecular formula is C12H8Br2FNO. The molecule has 1 heterocycles. The van der Waals surface area contributed by atoms with Gasteiger partial charge in [-0.2, -0.15) is 0 Å². The zero-order chi connectivity index (χ0) is 12.4. The van der Waals surface area contributed by atoms with Crippen molar-refractivity contribution in [3.8, 4) is 11.6 Å². The molecule has 0 aliphatic rings. The lowest BCUT2D eigenvalue weighted by molar-refractivity contribution is 0.454. The quantitative estimate of drug-likeness (QED) is 0.763. The van der Waals surface area contributed by atoms with Gasteiger partial charge in [0.2, 0.25) is 5.88 Å². The Balaban J connectivity index is 2.35. The van der Waals surface area contributed by atoms with Gasteiger partial charge >= 0.3 is 0 Å². The maximum Gasteiger partial charge on any atom is 0.233 e. The van der Waals surface area contributed by atoms with Gasteiger partial charge in [-0.25, -0.2) is 9.37 Å². The molecule has 0 aliphatic heterocycles. The van der Waals surface area contributed by atoms with E-state index in [4.69, 9.17) is 4.74 Å². The minimum absolute atomic E-state index is 0.319. The second-order valence-electron chi connectivity index (χ2n) is 3.42. The van der Waals surface area contributed by atoms with Crippen molar-refractivity contribution in [2.24, 2.45) is 0 Å². The second-order valence-corrected chi connectivity index (χ2v) is 5.07. The van der Waals surface area contributed by atoms with Crippen LogP contribution in [0.4, 0.5) is 4.39 Å². The highest BCUT2D eigenvalue weighted by atomic mass is 79.9. The van der Waals surface area contributed by atoms with Crippen LogP contribution in [0.5, 0.6) is 11.6 Å². The van der Waals surface area contributed by atoms with E-state index >= 15 is 0 Å². The van der Waals surface area contributed by atoms with E-state index in [1.165, 1.54) is 12.1 Å². The summed E-state index contributed by atoms with van der Waals surface area (Å²) in [6.07, 6.45) is 1.66. The van der Waals surface area contributed by atoms with Crippen LogP contribution in [-0.4, -0.2) is 4.98 Å². The van der Waals surface area contributed by atoms with Crippen LogP contribution in [0.2, 0.25) is 0 Å². The third-order valence-corrected chi connectivity index (χ3v) is 3.74. The number of nitrogens with zero attached hydrogens (tertiary/aromatic N) is 1. The number of benzene rings is 1. The summed E-state index contributed by atoms with van der Waals surface area (Å²) in [6, 6.07) is 6.11. The normalized spacial score (nSPS) is 10.4. The number of hydrogen-bond acceptors (Lipinski definition) is 2. The Labute approximate surface area is 115 Å². The molecule has 1 aromatic heterocycles. The lowest BCUT2D eigenvalue weighted by Crippen LogP contribution is -1.92. The lowest BCUT2D eigenvalue weighted by atomic mass is 10.3. The molecule has 2 rings (SSSR count). The van der Waals surface area contributed by atoms with Gasteiger partial charge in [0.1, 0.15) is 11.6 Å². The highest BCUT2D eigenvalue weighted by Gasteiger charge is 2.09. The van der Waals surface area contributed by atoms with E-state index < -0.39 is 0 Å². The van der Waals surface area contributed by atoms with Gasteiger partial charge in [-0.05, 0) is 68.6 Å². The summed E-state index contributed by atoms with van der Waals surface area (Å²) in [5.74, 6) is 0.656. The highest BCUT2D eigenvalue weighted by Crippen LogP contribution is 2.33. The lowest BCUT2D eigenvalue weighted by Gasteiger charge is -2.09. The molecule has 0 fully saturated rings. The van der Waals surface area contributed by atoms with Crippen LogP contribution in [0.25, 0.3) is 0 Å². The molecule has 0 aliphatic carbocycles. The van der Waals surface area contributed by atoms with E-state index in [2.05, 4.69) is 36.8 Å². The second kappa shape index (κ2) is 5.14. The maximum absolute atomic E-state index is 12.9. The molecule has 2 nitrogen and oxygen atoms in total. The van der Waals surface area contributed by atoms with Crippen molar-refractivity contribution < 1.29 is 9.13 Å². The third kappa shape index (κ3) is 2.84. The average Bonchev–Trinajstić information content (AvgIpc) is 2.28. The summed E-state index contributed by atoms with van der Waals surface area (Å²) in [4.78, 5) is 4.11. The molecule has 0 saturated heterocycles. The number of ether oxygens (including phenoxy) is 1. The van der Waals surface area contributed by atoms with Gasteiger partial charge in [-0.1, -0.05) is 0 Å². The average molecular weight is 361 g/mol. The van der Waals surface area contributed by atoms with Gasteiger partial charge in [0.15, 0.2) is 0 Å². The van der Waals surface area contributed by atoms with Gasteiger partial charge in [-0.15, -0.1) is 0 Å². The van der Waals surface area contributed by atoms with Gasteiger partial charge in [-0.3, -0.25) is 0 Å². The number of rotatable bonds is 2. The smallest absolute Gasteiger partial charge is 0.233 e. The number of aromatic nitrogens is 1. The Kier molecular flexibility index (Phi) is 3.79. The molecule has 0 saturated carbocycles. The Bertz CT molecular complexity index is 560. The molecule has 0 spiro atoms. The Morgan fingerprint density at radius 3 is 2.71 bits per heavy atom. The number of aryl methyl sites for hydroxylation is 1. The van der Waals surface area contributed by atoms with Crippen molar-refractivity contribution in [2.45, 2.75) is 6.92 Å². The summed E-state index contributed by atoms with van der Waals surface area (Å²) in [6.45, 7) is 1.94. The zero-order valence-electron chi connectivity index (χ0n) is 8.88. The van der Waals surface area contributed by atoms with Crippen LogP contribution in [0.15, 0.2) is 39.4 Å². The standard InChI is InChI=1S/C12H8Br2FNO/c1-7-4-5-16-12(11(7)14)17-10-3-2-8(15)6-9(10)13/h2-6H,1H3. The fourth-order valence-electron chi connectivity index (χ4n) is 1.25. The molecule has 2 aromatic rings. The van der Waals surface area contributed by atoms with Crippen LogP contribution in [0.3, 0.4) is 0 Å². The molecule has 0 radical (unpaired) electrons. The molecule has 0 amide bonds. The Morgan fingerprint density at radius 1 is 1.24 bits per heavy atom. The molecular weight excluding hydrogens is 353 g/mol. The van der Waals surface area contributed by atoms with Gasteiger partial charge in [0.25, 0.3) is 0 Å². The van der Waals surface area contributed by atoms with Crippen LogP contribution < -0.4 is 4.74 Å². The Hall–Kier alpha value is -0.940. The highest BCUT2D eigenvalue weighted by molar-refractivity contribution is 9.11. The molecule has 5 heteroatoms. The monoisotopic (exact) mass is 359 g/mol. The molecule has 0 atom stereocenters. The zero-order valence-corrected chi connectivity index (χ0v) is 12.0. The minimum Gasteiger partial charge on any atom is -0.437 e. The summed E-state index contributed by atoms with van der Waals surface area (Å²) >= 11 is 6.64. The van der Waals surface area contributed by atoms with Gasteiger partial charge < -0.3 is 4.74 Å². The van der Waals surface area contributed by atoms with Gasteiger partial charge in [0.05, 0.1) is 8.95 Å². The predicted molar refractivity (Wildman–Crippen MR) is 70.8 cm³/mol. The Morgan fingerprint density at radius 2 is 2.00 bits per heavy atom. The third-order valence-electron chi connectivity index (χ3n) is 2.15. The number of pyridine rings is 1. The summed E-state index contributed by atoms with van der Waals surface area (Å²) in [5.41, 5.74) is 1.02. The molecule has 0 unspecified atom stereocenters. The van der Waals surface area contributed by atoms with Crippen molar-refractivity contribution in [1.82, 2.24) is 4.98 Å². The van der Waals surface area contributed by atoms with Crippen LogP contribution in [-0.2, 0) is 0 Å². The van der Waals surface area contributed by atoms with Crippen LogP contribution in [0, 0.1) is 12.7 Å². The van der Waals surface area contributed by atoms with E-state index in [1.54, 1.807) is 12.3 Å².